The first-order chi connectivity index (χ1) is 13.4. The van der Waals surface area contributed by atoms with Gasteiger partial charge in [0.25, 0.3) is 0 Å². The van der Waals surface area contributed by atoms with Crippen molar-refractivity contribution in [3.8, 4) is 0 Å². The fraction of sp³-hybridized carbons (Fsp3) is 0.350. The van der Waals surface area contributed by atoms with Gasteiger partial charge in [0, 0.05) is 36.2 Å². The largest absolute Gasteiger partial charge is 0.343 e. The maximum atomic E-state index is 12.9. The monoisotopic (exact) mass is 422 g/mol. The number of benzene rings is 2. The smallest absolute Gasteiger partial charge is 0.240 e. The number of piperidine rings is 1. The molecule has 1 N–H and O–H groups in total. The Labute approximate surface area is 169 Å². The predicted octanol–water partition coefficient (Wildman–Crippen LogP) is 3.28. The van der Waals surface area contributed by atoms with Crippen LogP contribution in [0.15, 0.2) is 64.4 Å². The van der Waals surface area contributed by atoms with Gasteiger partial charge in [0.15, 0.2) is 0 Å². The Hall–Kier alpha value is -1.90. The predicted molar refractivity (Wildman–Crippen MR) is 108 cm³/mol. The quantitative estimate of drug-likeness (QED) is 0.696. The lowest BCUT2D eigenvalue weighted by Gasteiger charge is -2.32. The van der Waals surface area contributed by atoms with E-state index in [1.54, 1.807) is 47.4 Å². The van der Waals surface area contributed by atoms with Crippen molar-refractivity contribution in [1.29, 1.82) is 0 Å². The molecular weight excluding hydrogens is 399 g/mol. The Kier molecular flexibility index (Phi) is 7.09. The second-order valence-corrected chi connectivity index (χ2v) is 9.52. The van der Waals surface area contributed by atoms with Crippen LogP contribution in [0.25, 0.3) is 0 Å². The van der Waals surface area contributed by atoms with Crippen molar-refractivity contribution in [3.63, 3.8) is 0 Å². The van der Waals surface area contributed by atoms with Crippen LogP contribution in [0, 0.1) is 5.82 Å². The Balaban J connectivity index is 1.42. The zero-order chi connectivity index (χ0) is 20.0. The molecule has 1 heterocycles. The standard InChI is InChI=1S/C20H23FN2O3S2/c21-16-6-8-18(9-7-16)27-15-12-20(24)23-13-10-17(11-14-23)22-28(25,26)19-4-2-1-3-5-19/h1-9,17,22H,10-15H2. The van der Waals surface area contributed by atoms with E-state index in [0.29, 0.717) is 38.1 Å². The maximum Gasteiger partial charge on any atom is 0.240 e. The molecule has 0 aliphatic carbocycles. The summed E-state index contributed by atoms with van der Waals surface area (Å²) in [4.78, 5) is 15.3. The molecule has 3 rings (SSSR count). The SMILES string of the molecule is O=C(CCSc1ccc(F)cc1)N1CCC(NS(=O)(=O)c2ccccc2)CC1. The van der Waals surface area contributed by atoms with Crippen LogP contribution in [0.1, 0.15) is 19.3 Å². The highest BCUT2D eigenvalue weighted by Gasteiger charge is 2.26. The van der Waals surface area contributed by atoms with E-state index in [0.717, 1.165) is 4.90 Å². The molecule has 0 bridgehead atoms. The molecule has 0 atom stereocenters. The molecular formula is C20H23FN2O3S2. The molecule has 2 aromatic rings. The van der Waals surface area contributed by atoms with Crippen LogP contribution in [0.2, 0.25) is 0 Å². The van der Waals surface area contributed by atoms with Gasteiger partial charge in [-0.05, 0) is 49.2 Å². The number of rotatable bonds is 7. The average molecular weight is 423 g/mol. The van der Waals surface area contributed by atoms with Gasteiger partial charge in [-0.25, -0.2) is 17.5 Å². The first-order valence-corrected chi connectivity index (χ1v) is 11.6. The molecule has 0 saturated carbocycles. The van der Waals surface area contributed by atoms with Crippen LogP contribution >= 0.6 is 11.8 Å². The fourth-order valence-corrected chi connectivity index (χ4v) is 5.25. The molecule has 1 aliphatic rings. The molecule has 0 unspecified atom stereocenters. The van der Waals surface area contributed by atoms with Crippen LogP contribution in [0.3, 0.4) is 0 Å². The first-order valence-electron chi connectivity index (χ1n) is 9.17. The minimum Gasteiger partial charge on any atom is -0.343 e. The van der Waals surface area contributed by atoms with Crippen LogP contribution in [0.5, 0.6) is 0 Å². The third-order valence-corrected chi connectivity index (χ3v) is 7.17. The third kappa shape index (κ3) is 5.80. The molecule has 2 aromatic carbocycles. The van der Waals surface area contributed by atoms with Gasteiger partial charge in [0.1, 0.15) is 5.82 Å². The molecule has 5 nitrogen and oxygen atoms in total. The summed E-state index contributed by atoms with van der Waals surface area (Å²) >= 11 is 1.52. The first kappa shape index (κ1) is 20.8. The number of thioether (sulfide) groups is 1. The molecule has 1 saturated heterocycles. The summed E-state index contributed by atoms with van der Waals surface area (Å²) in [6.45, 7) is 1.09. The molecule has 1 fully saturated rings. The second-order valence-electron chi connectivity index (χ2n) is 6.64. The van der Waals surface area contributed by atoms with Crippen molar-refractivity contribution in [2.24, 2.45) is 0 Å². The van der Waals surface area contributed by atoms with Crippen molar-refractivity contribution in [2.75, 3.05) is 18.8 Å². The van der Waals surface area contributed by atoms with Gasteiger partial charge in [0.05, 0.1) is 4.90 Å². The van der Waals surface area contributed by atoms with Gasteiger partial charge in [-0.15, -0.1) is 11.8 Å². The molecule has 0 spiro atoms. The highest BCUT2D eigenvalue weighted by molar-refractivity contribution is 7.99. The number of likely N-dealkylation sites (tertiary alicyclic amines) is 1. The van der Waals surface area contributed by atoms with Crippen molar-refractivity contribution in [3.05, 3.63) is 60.4 Å². The van der Waals surface area contributed by atoms with E-state index < -0.39 is 10.0 Å². The number of carbonyl (C=O) groups is 1. The highest BCUT2D eigenvalue weighted by atomic mass is 32.2. The lowest BCUT2D eigenvalue weighted by atomic mass is 10.1. The Morgan fingerprint density at radius 3 is 2.36 bits per heavy atom. The molecule has 0 aromatic heterocycles. The van der Waals surface area contributed by atoms with E-state index in [2.05, 4.69) is 4.72 Å². The molecule has 8 heteroatoms. The Morgan fingerprint density at radius 1 is 1.07 bits per heavy atom. The number of hydrogen-bond acceptors (Lipinski definition) is 4. The Morgan fingerprint density at radius 2 is 1.71 bits per heavy atom. The van der Waals surface area contributed by atoms with Gasteiger partial charge < -0.3 is 4.90 Å². The number of carbonyl (C=O) groups excluding carboxylic acids is 1. The fourth-order valence-electron chi connectivity index (χ4n) is 3.08. The van der Waals surface area contributed by atoms with Crippen LogP contribution in [0.4, 0.5) is 4.39 Å². The summed E-state index contributed by atoms with van der Waals surface area (Å²) in [5.74, 6) is 0.426. The second kappa shape index (κ2) is 9.54. The van der Waals surface area contributed by atoms with E-state index in [4.69, 9.17) is 0 Å². The number of halogens is 1. The molecule has 1 aliphatic heterocycles. The highest BCUT2D eigenvalue weighted by Crippen LogP contribution is 2.20. The number of nitrogens with one attached hydrogen (secondary N) is 1. The molecule has 150 valence electrons. The lowest BCUT2D eigenvalue weighted by molar-refractivity contribution is -0.131. The maximum absolute atomic E-state index is 12.9. The zero-order valence-electron chi connectivity index (χ0n) is 15.4. The summed E-state index contributed by atoms with van der Waals surface area (Å²) in [6.07, 6.45) is 1.61. The van der Waals surface area contributed by atoms with Crippen LogP contribution < -0.4 is 4.72 Å². The molecule has 1 amide bonds. The molecule has 28 heavy (non-hydrogen) atoms. The van der Waals surface area contributed by atoms with Crippen molar-refractivity contribution >= 4 is 27.7 Å². The minimum atomic E-state index is -3.53. The number of sulfonamides is 1. The van der Waals surface area contributed by atoms with Gasteiger partial charge in [-0.2, -0.15) is 0 Å². The summed E-state index contributed by atoms with van der Waals surface area (Å²) in [6, 6.07) is 14.4. The van der Waals surface area contributed by atoms with E-state index in [1.807, 2.05) is 0 Å². The van der Waals surface area contributed by atoms with E-state index in [9.17, 15) is 17.6 Å². The van der Waals surface area contributed by atoms with E-state index in [1.165, 1.54) is 23.9 Å². The van der Waals surface area contributed by atoms with Gasteiger partial charge in [-0.1, -0.05) is 18.2 Å². The average Bonchev–Trinajstić information content (AvgIpc) is 2.70. The van der Waals surface area contributed by atoms with Crippen LogP contribution in [-0.2, 0) is 14.8 Å². The van der Waals surface area contributed by atoms with Gasteiger partial charge in [0.2, 0.25) is 15.9 Å². The summed E-state index contributed by atoms with van der Waals surface area (Å²) < 4.78 is 40.4. The van der Waals surface area contributed by atoms with Crippen LogP contribution in [-0.4, -0.2) is 44.1 Å². The summed E-state index contributed by atoms with van der Waals surface area (Å²) in [5.41, 5.74) is 0. The Bertz CT molecular complexity index is 881. The third-order valence-electron chi connectivity index (χ3n) is 4.62. The number of nitrogens with zero attached hydrogens (tertiary/aromatic N) is 1. The number of amides is 1. The van der Waals surface area contributed by atoms with Gasteiger partial charge >= 0.3 is 0 Å². The zero-order valence-corrected chi connectivity index (χ0v) is 17.0. The minimum absolute atomic E-state index is 0.0685. The van der Waals surface area contributed by atoms with E-state index >= 15 is 0 Å². The normalized spacial score (nSPS) is 15.5. The van der Waals surface area contributed by atoms with Crippen molar-refractivity contribution in [1.82, 2.24) is 9.62 Å². The van der Waals surface area contributed by atoms with Crippen molar-refractivity contribution < 1.29 is 17.6 Å². The topological polar surface area (TPSA) is 66.5 Å². The lowest BCUT2D eigenvalue weighted by Crippen LogP contribution is -2.46. The van der Waals surface area contributed by atoms with E-state index in [-0.39, 0.29) is 22.7 Å². The number of hydrogen-bond donors (Lipinski definition) is 1. The molecule has 0 radical (unpaired) electrons. The van der Waals surface area contributed by atoms with Crippen molar-refractivity contribution in [2.45, 2.75) is 35.1 Å². The summed E-state index contributed by atoms with van der Waals surface area (Å²) in [5, 5.41) is 0. The summed E-state index contributed by atoms with van der Waals surface area (Å²) in [7, 11) is -3.53. The van der Waals surface area contributed by atoms with Gasteiger partial charge in [-0.3, -0.25) is 4.79 Å².